The minimum absolute atomic E-state index is 0.252. The molecular formula is C29H50N2. The summed E-state index contributed by atoms with van der Waals surface area (Å²) in [5.41, 5.74) is 7.35. The van der Waals surface area contributed by atoms with Gasteiger partial charge in [0.2, 0.25) is 0 Å². The van der Waals surface area contributed by atoms with E-state index < -0.39 is 0 Å². The number of nitriles is 1. The van der Waals surface area contributed by atoms with Crippen LogP contribution in [0.25, 0.3) is 0 Å². The lowest BCUT2D eigenvalue weighted by atomic mass is 9.43. The smallest absolute Gasteiger partial charge is 0.0959 e. The van der Waals surface area contributed by atoms with Crippen LogP contribution in [0.4, 0.5) is 0 Å². The second-order valence-corrected chi connectivity index (χ2v) is 13.3. The SMILES string of the molecule is CC(C)CCC[C@@H](C)[C@H]1CC[C@H]2[C@@H]3CC[C@@H]4[C@@H]([C@@H](N)C#N)CCC[C@]4(C)[C@H]3CC[C@]12C. The quantitative estimate of drug-likeness (QED) is 0.476. The zero-order valence-electron chi connectivity index (χ0n) is 21.2. The van der Waals surface area contributed by atoms with Crippen LogP contribution in [0.2, 0.25) is 0 Å². The molecule has 4 rings (SSSR count). The minimum atomic E-state index is -0.252. The van der Waals surface area contributed by atoms with E-state index in [4.69, 9.17) is 5.73 Å². The monoisotopic (exact) mass is 426 g/mol. The molecule has 0 aromatic carbocycles. The Morgan fingerprint density at radius 1 is 0.871 bits per heavy atom. The second-order valence-electron chi connectivity index (χ2n) is 13.3. The molecule has 0 unspecified atom stereocenters. The lowest BCUT2D eigenvalue weighted by Gasteiger charge is -2.62. The van der Waals surface area contributed by atoms with Crippen LogP contribution >= 0.6 is 0 Å². The van der Waals surface area contributed by atoms with Gasteiger partial charge >= 0.3 is 0 Å². The first kappa shape index (κ1) is 23.6. The molecule has 0 bridgehead atoms. The fourth-order valence-corrected chi connectivity index (χ4v) is 10.0. The first-order chi connectivity index (χ1) is 14.7. The van der Waals surface area contributed by atoms with E-state index in [-0.39, 0.29) is 6.04 Å². The fraction of sp³-hybridized carbons (Fsp3) is 0.966. The standard InChI is InChI=1S/C29H50N2/c1-19(2)8-6-9-20(3)23-13-14-24-21-11-12-25-22(27(31)18-30)10-7-16-28(25,4)26(21)15-17-29(23,24)5/h19-27H,6-17,31H2,1-5H3/t20-,21+,22+,23-,24+,25-,26+,27+,28+,29-/m1/s1. The summed E-state index contributed by atoms with van der Waals surface area (Å²) in [6, 6.07) is 2.17. The Labute approximate surface area is 193 Å². The Balaban J connectivity index is 1.49. The van der Waals surface area contributed by atoms with E-state index in [1.165, 1.54) is 77.0 Å². The molecule has 0 aliphatic heterocycles. The van der Waals surface area contributed by atoms with E-state index in [1.807, 2.05) is 0 Å². The van der Waals surface area contributed by atoms with E-state index >= 15 is 0 Å². The molecule has 0 spiro atoms. The molecule has 0 heterocycles. The molecule has 2 heteroatoms. The highest BCUT2D eigenvalue weighted by Gasteiger charge is 2.61. The van der Waals surface area contributed by atoms with Crippen molar-refractivity contribution in [1.29, 1.82) is 5.26 Å². The third-order valence-corrected chi connectivity index (χ3v) is 11.5. The van der Waals surface area contributed by atoms with Crippen LogP contribution in [0.1, 0.15) is 112 Å². The summed E-state index contributed by atoms with van der Waals surface area (Å²) in [5.74, 6) is 6.58. The predicted molar refractivity (Wildman–Crippen MR) is 130 cm³/mol. The van der Waals surface area contributed by atoms with Gasteiger partial charge < -0.3 is 5.73 Å². The highest BCUT2D eigenvalue weighted by atomic mass is 14.7. The number of fused-ring (bicyclic) bond motifs is 5. The molecule has 0 amide bonds. The summed E-state index contributed by atoms with van der Waals surface area (Å²) in [4.78, 5) is 0. The normalized spacial score (nSPS) is 46.5. The lowest BCUT2D eigenvalue weighted by Crippen LogP contribution is -2.56. The van der Waals surface area contributed by atoms with Gasteiger partial charge in [-0.1, -0.05) is 60.3 Å². The van der Waals surface area contributed by atoms with Crippen LogP contribution < -0.4 is 5.73 Å². The first-order valence-electron chi connectivity index (χ1n) is 13.9. The molecule has 2 nitrogen and oxygen atoms in total. The predicted octanol–water partition coefficient (Wildman–Crippen LogP) is 7.57. The maximum absolute atomic E-state index is 9.55. The number of hydrogen-bond acceptors (Lipinski definition) is 2. The maximum Gasteiger partial charge on any atom is 0.0959 e. The molecule has 0 saturated heterocycles. The number of nitrogens with zero attached hydrogens (tertiary/aromatic N) is 1. The molecule has 4 fully saturated rings. The average Bonchev–Trinajstić information content (AvgIpc) is 3.09. The highest BCUT2D eigenvalue weighted by Crippen LogP contribution is 2.69. The average molecular weight is 427 g/mol. The summed E-state index contributed by atoms with van der Waals surface area (Å²) in [6.45, 7) is 12.6. The van der Waals surface area contributed by atoms with Crippen molar-refractivity contribution in [3.05, 3.63) is 0 Å². The van der Waals surface area contributed by atoms with Gasteiger partial charge in [0.25, 0.3) is 0 Å². The molecule has 4 aliphatic carbocycles. The minimum Gasteiger partial charge on any atom is -0.316 e. The van der Waals surface area contributed by atoms with Crippen molar-refractivity contribution < 1.29 is 0 Å². The van der Waals surface area contributed by atoms with Gasteiger partial charge in [-0.25, -0.2) is 0 Å². The summed E-state index contributed by atoms with van der Waals surface area (Å²) < 4.78 is 0. The molecule has 0 radical (unpaired) electrons. The van der Waals surface area contributed by atoms with Crippen molar-refractivity contribution in [3.8, 4) is 6.07 Å². The van der Waals surface area contributed by atoms with Gasteiger partial charge in [0.1, 0.15) is 0 Å². The number of nitrogens with two attached hydrogens (primary N) is 1. The second kappa shape index (κ2) is 9.00. The Morgan fingerprint density at radius 3 is 2.29 bits per heavy atom. The topological polar surface area (TPSA) is 49.8 Å². The fourth-order valence-electron chi connectivity index (χ4n) is 10.0. The van der Waals surface area contributed by atoms with Gasteiger partial charge in [-0.2, -0.15) is 5.26 Å². The Bertz CT molecular complexity index is 664. The summed E-state index contributed by atoms with van der Waals surface area (Å²) in [5, 5.41) is 9.55. The first-order valence-corrected chi connectivity index (χ1v) is 13.9. The van der Waals surface area contributed by atoms with E-state index in [9.17, 15) is 5.26 Å². The third kappa shape index (κ3) is 4.00. The lowest BCUT2D eigenvalue weighted by molar-refractivity contribution is -0.130. The summed E-state index contributed by atoms with van der Waals surface area (Å²) in [6.07, 6.45) is 16.7. The molecular weight excluding hydrogens is 376 g/mol. The third-order valence-electron chi connectivity index (χ3n) is 11.5. The van der Waals surface area contributed by atoms with Gasteiger partial charge in [0.05, 0.1) is 12.1 Å². The molecule has 2 N–H and O–H groups in total. The number of hydrogen-bond donors (Lipinski definition) is 1. The van der Waals surface area contributed by atoms with Crippen LogP contribution in [0.15, 0.2) is 0 Å². The van der Waals surface area contributed by atoms with Crippen molar-refractivity contribution in [2.24, 2.45) is 63.9 Å². The van der Waals surface area contributed by atoms with Gasteiger partial charge in [-0.3, -0.25) is 0 Å². The van der Waals surface area contributed by atoms with Gasteiger partial charge in [0.15, 0.2) is 0 Å². The van der Waals surface area contributed by atoms with Crippen molar-refractivity contribution in [1.82, 2.24) is 0 Å². The molecule has 31 heavy (non-hydrogen) atoms. The van der Waals surface area contributed by atoms with Gasteiger partial charge in [0, 0.05) is 0 Å². The van der Waals surface area contributed by atoms with Gasteiger partial charge in [-0.05, 0) is 110 Å². The van der Waals surface area contributed by atoms with E-state index in [0.717, 1.165) is 35.5 Å². The van der Waals surface area contributed by atoms with Crippen LogP contribution in [0, 0.1) is 69.5 Å². The molecule has 0 aromatic heterocycles. The Hall–Kier alpha value is -0.550. The summed E-state index contributed by atoms with van der Waals surface area (Å²) in [7, 11) is 0. The molecule has 4 saturated carbocycles. The zero-order valence-corrected chi connectivity index (χ0v) is 21.2. The van der Waals surface area contributed by atoms with E-state index in [2.05, 4.69) is 40.7 Å². The van der Waals surface area contributed by atoms with Crippen LogP contribution in [-0.4, -0.2) is 6.04 Å². The van der Waals surface area contributed by atoms with Crippen molar-refractivity contribution >= 4 is 0 Å². The maximum atomic E-state index is 9.55. The van der Waals surface area contributed by atoms with Crippen molar-refractivity contribution in [2.75, 3.05) is 0 Å². The van der Waals surface area contributed by atoms with E-state index in [1.54, 1.807) is 0 Å². The van der Waals surface area contributed by atoms with Crippen LogP contribution in [0.5, 0.6) is 0 Å². The summed E-state index contributed by atoms with van der Waals surface area (Å²) >= 11 is 0. The molecule has 0 aromatic rings. The van der Waals surface area contributed by atoms with Gasteiger partial charge in [-0.15, -0.1) is 0 Å². The highest BCUT2D eigenvalue weighted by molar-refractivity contribution is 5.12. The Kier molecular flexibility index (Phi) is 6.86. The Morgan fingerprint density at radius 2 is 1.58 bits per heavy atom. The van der Waals surface area contributed by atoms with Crippen LogP contribution in [0.3, 0.4) is 0 Å². The van der Waals surface area contributed by atoms with Crippen molar-refractivity contribution in [3.63, 3.8) is 0 Å². The van der Waals surface area contributed by atoms with E-state index in [0.29, 0.717) is 22.7 Å². The largest absolute Gasteiger partial charge is 0.316 e. The number of rotatable bonds is 6. The van der Waals surface area contributed by atoms with Crippen LogP contribution in [-0.2, 0) is 0 Å². The molecule has 176 valence electrons. The zero-order chi connectivity index (χ0) is 22.4. The molecule has 4 aliphatic rings. The van der Waals surface area contributed by atoms with Crippen molar-refractivity contribution in [2.45, 2.75) is 118 Å². The molecule has 10 atom stereocenters.